The number of rotatable bonds is 4. The summed E-state index contributed by atoms with van der Waals surface area (Å²) in [6, 6.07) is 3.86. The summed E-state index contributed by atoms with van der Waals surface area (Å²) < 4.78 is 28.9. The Morgan fingerprint density at radius 3 is 2.52 bits per heavy atom. The number of non-ortho nitro benzene ring substituents is 1. The lowest BCUT2D eigenvalue weighted by Gasteiger charge is -2.08. The molecule has 21 heavy (non-hydrogen) atoms. The normalized spacial score (nSPS) is 11.4. The van der Waals surface area contributed by atoms with E-state index < -0.39 is 20.1 Å². The standard InChI is InChI=1S/C10H11N5O5S/c1-14-9(12-13-10(14)21(11,18)19)7-4-3-6(15(16)17)5-8(7)20-2/h3-5H,1-2H3,(H2,11,18,19). The minimum Gasteiger partial charge on any atom is -0.496 e. The highest BCUT2D eigenvalue weighted by atomic mass is 32.2. The quantitative estimate of drug-likeness (QED) is 0.620. The van der Waals surface area contributed by atoms with Crippen molar-refractivity contribution >= 4 is 15.7 Å². The van der Waals surface area contributed by atoms with E-state index in [1.54, 1.807) is 0 Å². The smallest absolute Gasteiger partial charge is 0.273 e. The van der Waals surface area contributed by atoms with Crippen molar-refractivity contribution < 1.29 is 18.1 Å². The molecule has 0 atom stereocenters. The molecule has 1 aromatic heterocycles. The Bertz CT molecular complexity index is 813. The minimum absolute atomic E-state index is 0.158. The molecule has 2 rings (SSSR count). The molecule has 0 fully saturated rings. The van der Waals surface area contributed by atoms with Gasteiger partial charge in [0, 0.05) is 13.1 Å². The van der Waals surface area contributed by atoms with Gasteiger partial charge in [-0.3, -0.25) is 14.7 Å². The van der Waals surface area contributed by atoms with Gasteiger partial charge in [-0.05, 0) is 6.07 Å². The van der Waals surface area contributed by atoms with Gasteiger partial charge in [0.05, 0.1) is 23.7 Å². The van der Waals surface area contributed by atoms with Crippen molar-refractivity contribution in [3.05, 3.63) is 28.3 Å². The maximum absolute atomic E-state index is 11.3. The number of ether oxygens (including phenoxy) is 1. The van der Waals surface area contributed by atoms with Crippen LogP contribution in [0.3, 0.4) is 0 Å². The largest absolute Gasteiger partial charge is 0.496 e. The Labute approximate surface area is 119 Å². The summed E-state index contributed by atoms with van der Waals surface area (Å²) in [5.41, 5.74) is 0.192. The summed E-state index contributed by atoms with van der Waals surface area (Å²) in [6.07, 6.45) is 0. The number of aromatic nitrogens is 3. The van der Waals surface area contributed by atoms with Crippen LogP contribution in [0, 0.1) is 10.1 Å². The summed E-state index contributed by atoms with van der Waals surface area (Å²) in [7, 11) is -1.28. The van der Waals surface area contributed by atoms with Crippen molar-refractivity contribution in [3.8, 4) is 17.1 Å². The van der Waals surface area contributed by atoms with Crippen LogP contribution in [0.1, 0.15) is 0 Å². The number of sulfonamides is 1. The molecular formula is C10H11N5O5S. The average Bonchev–Trinajstić information content (AvgIpc) is 2.79. The van der Waals surface area contributed by atoms with E-state index in [-0.39, 0.29) is 17.3 Å². The maximum atomic E-state index is 11.3. The summed E-state index contributed by atoms with van der Waals surface area (Å²) >= 11 is 0. The molecule has 0 unspecified atom stereocenters. The van der Waals surface area contributed by atoms with Gasteiger partial charge in [0.1, 0.15) is 5.75 Å². The van der Waals surface area contributed by atoms with Crippen LogP contribution in [0.4, 0.5) is 5.69 Å². The second-order valence-electron chi connectivity index (χ2n) is 4.05. The fraction of sp³-hybridized carbons (Fsp3) is 0.200. The number of benzene rings is 1. The molecule has 10 nitrogen and oxygen atoms in total. The molecule has 0 radical (unpaired) electrons. The third-order valence-electron chi connectivity index (χ3n) is 2.73. The average molecular weight is 313 g/mol. The summed E-state index contributed by atoms with van der Waals surface area (Å²) in [5.74, 6) is 0.325. The van der Waals surface area contributed by atoms with Crippen molar-refractivity contribution in [1.82, 2.24) is 14.8 Å². The fourth-order valence-electron chi connectivity index (χ4n) is 1.78. The zero-order chi connectivity index (χ0) is 15.8. The first kappa shape index (κ1) is 14.9. The highest BCUT2D eigenvalue weighted by Crippen LogP contribution is 2.32. The van der Waals surface area contributed by atoms with Crippen LogP contribution in [-0.2, 0) is 17.1 Å². The van der Waals surface area contributed by atoms with Crippen LogP contribution in [0.5, 0.6) is 5.75 Å². The number of hydrogen-bond acceptors (Lipinski definition) is 7. The number of primary sulfonamides is 1. The molecule has 0 saturated carbocycles. The van der Waals surface area contributed by atoms with Gasteiger partial charge < -0.3 is 4.74 Å². The molecule has 1 aromatic carbocycles. The highest BCUT2D eigenvalue weighted by Gasteiger charge is 2.22. The van der Waals surface area contributed by atoms with E-state index >= 15 is 0 Å². The van der Waals surface area contributed by atoms with E-state index in [0.717, 1.165) is 0 Å². The zero-order valence-electron chi connectivity index (χ0n) is 11.0. The lowest BCUT2D eigenvalue weighted by Crippen LogP contribution is -2.17. The van der Waals surface area contributed by atoms with Crippen LogP contribution in [0.25, 0.3) is 11.4 Å². The molecule has 11 heteroatoms. The molecule has 2 aromatic rings. The molecule has 0 aliphatic heterocycles. The molecular weight excluding hydrogens is 302 g/mol. The second kappa shape index (κ2) is 5.10. The highest BCUT2D eigenvalue weighted by molar-refractivity contribution is 7.89. The molecule has 2 N–H and O–H groups in total. The van der Waals surface area contributed by atoms with E-state index in [2.05, 4.69) is 10.2 Å². The molecule has 0 aliphatic rings. The summed E-state index contributed by atoms with van der Waals surface area (Å²) in [6.45, 7) is 0. The van der Waals surface area contributed by atoms with Crippen LogP contribution in [0.2, 0.25) is 0 Å². The first-order valence-electron chi connectivity index (χ1n) is 5.50. The number of nitrogens with zero attached hydrogens (tertiary/aromatic N) is 4. The van der Waals surface area contributed by atoms with E-state index in [4.69, 9.17) is 9.88 Å². The van der Waals surface area contributed by atoms with Crippen molar-refractivity contribution in [2.24, 2.45) is 12.2 Å². The number of nitro groups is 1. The van der Waals surface area contributed by atoms with E-state index in [1.165, 1.54) is 36.9 Å². The van der Waals surface area contributed by atoms with Gasteiger partial charge in [-0.25, -0.2) is 13.6 Å². The SMILES string of the molecule is COc1cc([N+](=O)[O-])ccc1-c1nnc(S(N)(=O)=O)n1C. The first-order chi connectivity index (χ1) is 9.75. The minimum atomic E-state index is -4.02. The van der Waals surface area contributed by atoms with Gasteiger partial charge >= 0.3 is 0 Å². The van der Waals surface area contributed by atoms with Gasteiger partial charge in [0.2, 0.25) is 0 Å². The van der Waals surface area contributed by atoms with Crippen LogP contribution in [-0.4, -0.2) is 35.2 Å². The predicted octanol–water partition coefficient (Wildman–Crippen LogP) is 0.0463. The Balaban J connectivity index is 2.63. The van der Waals surface area contributed by atoms with Crippen molar-refractivity contribution in [3.63, 3.8) is 0 Å². The maximum Gasteiger partial charge on any atom is 0.273 e. The van der Waals surface area contributed by atoms with Gasteiger partial charge in [-0.1, -0.05) is 0 Å². The summed E-state index contributed by atoms with van der Waals surface area (Å²) in [4.78, 5) is 10.2. The second-order valence-corrected chi connectivity index (χ2v) is 5.51. The molecule has 0 amide bonds. The number of hydrogen-bond donors (Lipinski definition) is 1. The van der Waals surface area contributed by atoms with E-state index in [0.29, 0.717) is 5.56 Å². The molecule has 1 heterocycles. The Hall–Kier alpha value is -2.53. The van der Waals surface area contributed by atoms with Gasteiger partial charge in [-0.15, -0.1) is 10.2 Å². The Morgan fingerprint density at radius 1 is 1.38 bits per heavy atom. The molecule has 0 aliphatic carbocycles. The Morgan fingerprint density at radius 2 is 2.05 bits per heavy atom. The lowest BCUT2D eigenvalue weighted by atomic mass is 10.1. The molecule has 0 saturated heterocycles. The predicted molar refractivity (Wildman–Crippen MR) is 71.0 cm³/mol. The zero-order valence-corrected chi connectivity index (χ0v) is 11.9. The summed E-state index contributed by atoms with van der Waals surface area (Å²) in [5, 5.41) is 22.6. The number of methoxy groups -OCH3 is 1. The van der Waals surface area contributed by atoms with Gasteiger partial charge in [0.25, 0.3) is 20.9 Å². The topological polar surface area (TPSA) is 143 Å². The lowest BCUT2D eigenvalue weighted by molar-refractivity contribution is -0.384. The monoisotopic (exact) mass is 313 g/mol. The van der Waals surface area contributed by atoms with Crippen molar-refractivity contribution in [1.29, 1.82) is 0 Å². The van der Waals surface area contributed by atoms with E-state index in [9.17, 15) is 18.5 Å². The van der Waals surface area contributed by atoms with Crippen LogP contribution in [0.15, 0.2) is 23.4 Å². The third kappa shape index (κ3) is 2.68. The first-order valence-corrected chi connectivity index (χ1v) is 7.05. The van der Waals surface area contributed by atoms with Crippen LogP contribution < -0.4 is 9.88 Å². The van der Waals surface area contributed by atoms with Gasteiger partial charge in [-0.2, -0.15) is 0 Å². The Kier molecular flexibility index (Phi) is 3.61. The molecule has 0 spiro atoms. The third-order valence-corrected chi connectivity index (χ3v) is 3.59. The van der Waals surface area contributed by atoms with Crippen LogP contribution >= 0.6 is 0 Å². The number of nitro benzene ring substituents is 1. The fourth-order valence-corrected chi connectivity index (χ4v) is 2.40. The molecule has 112 valence electrons. The molecule has 0 bridgehead atoms. The van der Waals surface area contributed by atoms with Crippen molar-refractivity contribution in [2.75, 3.05) is 7.11 Å². The van der Waals surface area contributed by atoms with E-state index in [1.807, 2.05) is 0 Å². The van der Waals surface area contributed by atoms with Crippen molar-refractivity contribution in [2.45, 2.75) is 5.16 Å². The number of nitrogens with two attached hydrogens (primary N) is 1. The van der Waals surface area contributed by atoms with Gasteiger partial charge in [0.15, 0.2) is 5.82 Å².